The highest BCUT2D eigenvalue weighted by atomic mass is 16.6. The summed E-state index contributed by atoms with van der Waals surface area (Å²) in [4.78, 5) is 22.6. The van der Waals surface area contributed by atoms with Crippen molar-refractivity contribution in [2.75, 3.05) is 5.32 Å². The number of amides is 1. The lowest BCUT2D eigenvalue weighted by Crippen LogP contribution is -2.12. The number of aryl methyl sites for hydroxylation is 1. The van der Waals surface area contributed by atoms with E-state index in [9.17, 15) is 14.9 Å². The van der Waals surface area contributed by atoms with Gasteiger partial charge >= 0.3 is 0 Å². The molecule has 2 rings (SSSR count). The number of carbonyl (C=O) groups excluding carboxylic acids is 1. The summed E-state index contributed by atoms with van der Waals surface area (Å²) in [7, 11) is 0. The largest absolute Gasteiger partial charge is 0.322 e. The highest BCUT2D eigenvalue weighted by Gasteiger charge is 2.13. The Morgan fingerprint density at radius 2 is 1.77 bits per heavy atom. The molecule has 0 aliphatic heterocycles. The molecular weight excluding hydrogens is 280 g/mol. The molecule has 114 valence electrons. The molecule has 0 unspecified atom stereocenters. The molecule has 0 bridgehead atoms. The van der Waals surface area contributed by atoms with Crippen LogP contribution in [0, 0.1) is 17.0 Å². The number of anilines is 1. The Morgan fingerprint density at radius 1 is 1.14 bits per heavy atom. The highest BCUT2D eigenvalue weighted by Crippen LogP contribution is 2.23. The van der Waals surface area contributed by atoms with E-state index in [-0.39, 0.29) is 11.6 Å². The number of nitro groups is 1. The Hall–Kier alpha value is -2.69. The second-order valence-corrected chi connectivity index (χ2v) is 5.49. The number of nitrogens with one attached hydrogen (secondary N) is 1. The molecule has 22 heavy (non-hydrogen) atoms. The van der Waals surface area contributed by atoms with E-state index in [0.717, 1.165) is 5.56 Å². The van der Waals surface area contributed by atoms with Crippen molar-refractivity contribution in [1.29, 1.82) is 0 Å². The van der Waals surface area contributed by atoms with Crippen LogP contribution in [0.4, 0.5) is 11.4 Å². The van der Waals surface area contributed by atoms with Crippen molar-refractivity contribution in [2.45, 2.75) is 26.7 Å². The summed E-state index contributed by atoms with van der Waals surface area (Å²) in [6.07, 6.45) is 0. The van der Waals surface area contributed by atoms with Gasteiger partial charge in [-0.15, -0.1) is 0 Å². The maximum atomic E-state index is 12.2. The van der Waals surface area contributed by atoms with Crippen LogP contribution in [-0.4, -0.2) is 10.8 Å². The molecule has 0 aliphatic carbocycles. The smallest absolute Gasteiger partial charge is 0.274 e. The van der Waals surface area contributed by atoms with Crippen LogP contribution in [0.5, 0.6) is 0 Å². The fourth-order valence-electron chi connectivity index (χ4n) is 2.11. The van der Waals surface area contributed by atoms with E-state index < -0.39 is 4.92 Å². The van der Waals surface area contributed by atoms with E-state index in [1.165, 1.54) is 6.07 Å². The van der Waals surface area contributed by atoms with Crippen LogP contribution in [0.2, 0.25) is 0 Å². The van der Waals surface area contributed by atoms with Gasteiger partial charge in [0.05, 0.1) is 4.92 Å². The number of hydrogen-bond acceptors (Lipinski definition) is 3. The van der Waals surface area contributed by atoms with Gasteiger partial charge in [0.15, 0.2) is 0 Å². The number of carbonyl (C=O) groups is 1. The summed E-state index contributed by atoms with van der Waals surface area (Å²) in [6.45, 7) is 5.83. The molecule has 5 nitrogen and oxygen atoms in total. The molecule has 0 aliphatic rings. The molecular formula is C17H18N2O3. The molecule has 0 saturated heterocycles. The van der Waals surface area contributed by atoms with Crippen molar-refractivity contribution >= 4 is 17.3 Å². The second-order valence-electron chi connectivity index (χ2n) is 5.49. The zero-order valence-corrected chi connectivity index (χ0v) is 12.8. The summed E-state index contributed by atoms with van der Waals surface area (Å²) in [5, 5.41) is 13.6. The molecule has 0 atom stereocenters. The Balaban J connectivity index is 2.18. The van der Waals surface area contributed by atoms with Crippen LogP contribution in [0.15, 0.2) is 42.5 Å². The van der Waals surface area contributed by atoms with Crippen molar-refractivity contribution in [3.8, 4) is 0 Å². The first-order valence-electron chi connectivity index (χ1n) is 7.05. The molecule has 1 amide bonds. The molecule has 0 saturated carbocycles. The van der Waals surface area contributed by atoms with E-state index in [1.54, 1.807) is 31.2 Å². The second kappa shape index (κ2) is 6.39. The maximum Gasteiger partial charge on any atom is 0.274 e. The summed E-state index contributed by atoms with van der Waals surface area (Å²) >= 11 is 0. The van der Waals surface area contributed by atoms with E-state index >= 15 is 0 Å². The number of nitrogens with zero attached hydrogens (tertiary/aromatic N) is 1. The highest BCUT2D eigenvalue weighted by molar-refractivity contribution is 6.04. The minimum atomic E-state index is -0.456. The van der Waals surface area contributed by atoms with Gasteiger partial charge in [0.2, 0.25) is 0 Å². The van der Waals surface area contributed by atoms with Gasteiger partial charge in [-0.25, -0.2) is 0 Å². The Kier molecular flexibility index (Phi) is 4.56. The molecule has 2 aromatic carbocycles. The van der Waals surface area contributed by atoms with E-state index in [1.807, 2.05) is 12.1 Å². The SMILES string of the molecule is Cc1ccc(NC(=O)c2ccc(C(C)C)cc2)cc1[N+](=O)[O-]. The molecule has 2 aromatic rings. The maximum absolute atomic E-state index is 12.2. The quantitative estimate of drug-likeness (QED) is 0.676. The van der Waals surface area contributed by atoms with Gasteiger partial charge in [-0.1, -0.05) is 32.0 Å². The lowest BCUT2D eigenvalue weighted by molar-refractivity contribution is -0.385. The Morgan fingerprint density at radius 3 is 2.32 bits per heavy atom. The van der Waals surface area contributed by atoms with Crippen molar-refractivity contribution < 1.29 is 9.72 Å². The lowest BCUT2D eigenvalue weighted by atomic mass is 10.0. The summed E-state index contributed by atoms with van der Waals surface area (Å²) in [6, 6.07) is 12.0. The Labute approximate surface area is 129 Å². The zero-order valence-electron chi connectivity index (χ0n) is 12.8. The van der Waals surface area contributed by atoms with Crippen molar-refractivity contribution in [1.82, 2.24) is 0 Å². The lowest BCUT2D eigenvalue weighted by Gasteiger charge is -2.08. The third-order valence-electron chi connectivity index (χ3n) is 3.50. The van der Waals surface area contributed by atoms with Crippen LogP contribution < -0.4 is 5.32 Å². The fraction of sp³-hybridized carbons (Fsp3) is 0.235. The van der Waals surface area contributed by atoms with Gasteiger partial charge in [0.25, 0.3) is 11.6 Å². The van der Waals surface area contributed by atoms with Crippen LogP contribution in [0.1, 0.15) is 41.3 Å². The number of nitro benzene ring substituents is 1. The van der Waals surface area contributed by atoms with E-state index in [0.29, 0.717) is 22.7 Å². The Bertz CT molecular complexity index is 706. The van der Waals surface area contributed by atoms with Crippen LogP contribution in [-0.2, 0) is 0 Å². The molecule has 0 spiro atoms. The van der Waals surface area contributed by atoms with Crippen molar-refractivity contribution in [3.05, 3.63) is 69.3 Å². The zero-order chi connectivity index (χ0) is 16.3. The van der Waals surface area contributed by atoms with Crippen LogP contribution in [0.3, 0.4) is 0 Å². The molecule has 0 heterocycles. The first-order valence-corrected chi connectivity index (χ1v) is 7.05. The summed E-state index contributed by atoms with van der Waals surface area (Å²) in [5.41, 5.74) is 2.64. The predicted molar refractivity (Wildman–Crippen MR) is 86.3 cm³/mol. The number of rotatable bonds is 4. The van der Waals surface area contributed by atoms with Gasteiger partial charge in [-0.2, -0.15) is 0 Å². The molecule has 0 fully saturated rings. The first-order chi connectivity index (χ1) is 10.4. The number of benzene rings is 2. The van der Waals surface area contributed by atoms with Gasteiger partial charge in [-0.3, -0.25) is 14.9 Å². The monoisotopic (exact) mass is 298 g/mol. The molecule has 0 aromatic heterocycles. The van der Waals surface area contributed by atoms with Gasteiger partial charge in [0.1, 0.15) is 0 Å². The van der Waals surface area contributed by atoms with E-state index in [4.69, 9.17) is 0 Å². The van der Waals surface area contributed by atoms with Crippen LogP contribution in [0.25, 0.3) is 0 Å². The minimum Gasteiger partial charge on any atom is -0.322 e. The van der Waals surface area contributed by atoms with Crippen LogP contribution >= 0.6 is 0 Å². The van der Waals surface area contributed by atoms with E-state index in [2.05, 4.69) is 19.2 Å². The molecule has 1 N–H and O–H groups in total. The van der Waals surface area contributed by atoms with Gasteiger partial charge < -0.3 is 5.32 Å². The first kappa shape index (κ1) is 15.7. The summed E-state index contributed by atoms with van der Waals surface area (Å²) < 4.78 is 0. The third-order valence-corrected chi connectivity index (χ3v) is 3.50. The molecule has 5 heteroatoms. The number of hydrogen-bond donors (Lipinski definition) is 1. The average Bonchev–Trinajstić information content (AvgIpc) is 2.49. The minimum absolute atomic E-state index is 0.00652. The van der Waals surface area contributed by atoms with Crippen molar-refractivity contribution in [3.63, 3.8) is 0 Å². The average molecular weight is 298 g/mol. The summed E-state index contributed by atoms with van der Waals surface area (Å²) in [5.74, 6) is 0.116. The van der Waals surface area contributed by atoms with Gasteiger partial charge in [0, 0.05) is 22.9 Å². The standard InChI is InChI=1S/C17H18N2O3/c1-11(2)13-5-7-14(8-6-13)17(20)18-15-9-4-12(3)16(10-15)19(21)22/h4-11H,1-3H3,(H,18,20). The topological polar surface area (TPSA) is 72.2 Å². The third kappa shape index (κ3) is 3.49. The van der Waals surface area contributed by atoms with Crippen molar-refractivity contribution in [2.24, 2.45) is 0 Å². The predicted octanol–water partition coefficient (Wildman–Crippen LogP) is 4.28. The van der Waals surface area contributed by atoms with Gasteiger partial charge in [-0.05, 0) is 36.6 Å². The normalized spacial score (nSPS) is 10.5. The fourth-order valence-corrected chi connectivity index (χ4v) is 2.11. The molecule has 0 radical (unpaired) electrons.